The molecule has 2 N–H and O–H groups in total. The summed E-state index contributed by atoms with van der Waals surface area (Å²) in [5.74, 6) is -0.810. The molecule has 25 heavy (non-hydrogen) atoms. The van der Waals surface area contributed by atoms with Crippen molar-refractivity contribution in [3.8, 4) is 0 Å². The van der Waals surface area contributed by atoms with Gasteiger partial charge in [-0.2, -0.15) is 0 Å². The smallest absolute Gasteiger partial charge is 0.337 e. The Morgan fingerprint density at radius 3 is 2.44 bits per heavy atom. The fraction of sp³-hybridized carbons (Fsp3) is 0.100. The van der Waals surface area contributed by atoms with Crippen LogP contribution >= 0.6 is 0 Å². The number of anilines is 1. The van der Waals surface area contributed by atoms with Crippen molar-refractivity contribution < 1.29 is 19.4 Å². The van der Waals surface area contributed by atoms with Crippen LogP contribution < -0.4 is 5.32 Å². The van der Waals surface area contributed by atoms with Gasteiger partial charge in [0, 0.05) is 12.0 Å². The number of aromatic carboxylic acids is 1. The molecule has 1 amide bonds. The van der Waals surface area contributed by atoms with Gasteiger partial charge in [0.2, 0.25) is 5.91 Å². The van der Waals surface area contributed by atoms with Crippen LogP contribution in [0, 0.1) is 0 Å². The molecule has 0 aliphatic rings. The molecule has 0 atom stereocenters. The molecule has 0 bridgehead atoms. The molecule has 0 aromatic heterocycles. The van der Waals surface area contributed by atoms with Crippen LogP contribution in [0.3, 0.4) is 0 Å². The van der Waals surface area contributed by atoms with E-state index in [0.717, 1.165) is 11.1 Å². The number of amides is 1. The first kappa shape index (κ1) is 18.0. The molecule has 5 nitrogen and oxygen atoms in total. The minimum absolute atomic E-state index is 0.0703. The summed E-state index contributed by atoms with van der Waals surface area (Å²) in [7, 11) is 0. The molecule has 0 spiro atoms. The second-order valence-corrected chi connectivity index (χ2v) is 5.30. The SMILES string of the molecule is C=COC(=C)c1ccc(CCC(=O)Nc2ccccc2C(=O)O)cc1. The lowest BCUT2D eigenvalue weighted by molar-refractivity contribution is -0.116. The maximum atomic E-state index is 12.1. The molecular weight excluding hydrogens is 318 g/mol. The fourth-order valence-corrected chi connectivity index (χ4v) is 2.28. The van der Waals surface area contributed by atoms with E-state index in [-0.39, 0.29) is 17.9 Å². The van der Waals surface area contributed by atoms with Gasteiger partial charge in [-0.25, -0.2) is 4.79 Å². The number of carbonyl (C=O) groups excluding carboxylic acids is 1. The Hall–Kier alpha value is -3.34. The Bertz CT molecular complexity index is 794. The zero-order valence-corrected chi connectivity index (χ0v) is 13.7. The van der Waals surface area contributed by atoms with Crippen LogP contribution in [-0.2, 0) is 16.0 Å². The number of rotatable bonds is 8. The van der Waals surface area contributed by atoms with Gasteiger partial charge in [0.05, 0.1) is 17.5 Å². The molecular formula is C20H19NO4. The van der Waals surface area contributed by atoms with E-state index < -0.39 is 5.97 Å². The largest absolute Gasteiger partial charge is 0.478 e. The Labute approximate surface area is 146 Å². The summed E-state index contributed by atoms with van der Waals surface area (Å²) in [6.45, 7) is 7.26. The van der Waals surface area contributed by atoms with E-state index in [0.29, 0.717) is 17.9 Å². The van der Waals surface area contributed by atoms with E-state index in [1.54, 1.807) is 18.2 Å². The van der Waals surface area contributed by atoms with Crippen molar-refractivity contribution in [3.63, 3.8) is 0 Å². The molecule has 2 aromatic carbocycles. The molecule has 0 unspecified atom stereocenters. The molecule has 0 saturated carbocycles. The molecule has 0 aliphatic carbocycles. The standard InChI is InChI=1S/C20H19NO4/c1-3-25-14(2)16-11-8-15(9-12-16)10-13-19(22)21-18-7-5-4-6-17(18)20(23)24/h3-9,11-12H,1-2,10,13H2,(H,21,22)(H,23,24). The monoisotopic (exact) mass is 337 g/mol. The second-order valence-electron chi connectivity index (χ2n) is 5.30. The number of hydrogen-bond acceptors (Lipinski definition) is 3. The number of aryl methyl sites for hydroxylation is 1. The van der Waals surface area contributed by atoms with Gasteiger partial charge in [-0.05, 0) is 24.1 Å². The van der Waals surface area contributed by atoms with Crippen LogP contribution in [0.2, 0.25) is 0 Å². The molecule has 2 aromatic rings. The van der Waals surface area contributed by atoms with E-state index in [1.807, 2.05) is 24.3 Å². The summed E-state index contributed by atoms with van der Waals surface area (Å²) >= 11 is 0. The van der Waals surface area contributed by atoms with Gasteiger partial charge >= 0.3 is 5.97 Å². The summed E-state index contributed by atoms with van der Waals surface area (Å²) in [5, 5.41) is 11.8. The zero-order valence-electron chi connectivity index (χ0n) is 13.7. The highest BCUT2D eigenvalue weighted by atomic mass is 16.5. The number of benzene rings is 2. The summed E-state index contributed by atoms with van der Waals surface area (Å²) in [5.41, 5.74) is 2.19. The van der Waals surface area contributed by atoms with Crippen molar-refractivity contribution in [2.24, 2.45) is 0 Å². The van der Waals surface area contributed by atoms with Crippen molar-refractivity contribution in [3.05, 3.63) is 84.6 Å². The van der Waals surface area contributed by atoms with Crippen molar-refractivity contribution in [1.82, 2.24) is 0 Å². The number of carboxylic acid groups (broad SMARTS) is 1. The number of ether oxygens (including phenoxy) is 1. The van der Waals surface area contributed by atoms with Crippen LogP contribution in [0.25, 0.3) is 5.76 Å². The molecule has 0 saturated heterocycles. The second kappa shape index (κ2) is 8.49. The first-order valence-corrected chi connectivity index (χ1v) is 7.69. The molecule has 0 aliphatic heterocycles. The molecule has 128 valence electrons. The van der Waals surface area contributed by atoms with Crippen LogP contribution in [0.4, 0.5) is 5.69 Å². The third-order valence-corrected chi connectivity index (χ3v) is 3.57. The van der Waals surface area contributed by atoms with Crippen LogP contribution in [0.1, 0.15) is 27.9 Å². The normalized spacial score (nSPS) is 9.92. The van der Waals surface area contributed by atoms with Gasteiger partial charge in [-0.15, -0.1) is 0 Å². The Morgan fingerprint density at radius 2 is 1.80 bits per heavy atom. The summed E-state index contributed by atoms with van der Waals surface area (Å²) < 4.78 is 5.12. The first-order chi connectivity index (χ1) is 12.0. The number of hydrogen-bond donors (Lipinski definition) is 2. The average Bonchev–Trinajstić information content (AvgIpc) is 2.61. The topological polar surface area (TPSA) is 75.6 Å². The Morgan fingerprint density at radius 1 is 1.12 bits per heavy atom. The quantitative estimate of drug-likeness (QED) is 0.712. The van der Waals surface area contributed by atoms with E-state index >= 15 is 0 Å². The predicted molar refractivity (Wildman–Crippen MR) is 97.1 cm³/mol. The van der Waals surface area contributed by atoms with E-state index in [4.69, 9.17) is 9.84 Å². The first-order valence-electron chi connectivity index (χ1n) is 7.69. The van der Waals surface area contributed by atoms with Gasteiger partial charge in [-0.3, -0.25) is 4.79 Å². The van der Waals surface area contributed by atoms with Crippen LogP contribution in [0.5, 0.6) is 0 Å². The van der Waals surface area contributed by atoms with Crippen molar-refractivity contribution in [2.75, 3.05) is 5.32 Å². The maximum Gasteiger partial charge on any atom is 0.337 e. The summed E-state index contributed by atoms with van der Waals surface area (Å²) in [4.78, 5) is 23.2. The Kier molecular flexibility index (Phi) is 6.12. The summed E-state index contributed by atoms with van der Waals surface area (Å²) in [6, 6.07) is 13.8. The fourth-order valence-electron chi connectivity index (χ4n) is 2.28. The van der Waals surface area contributed by atoms with E-state index in [1.165, 1.54) is 12.3 Å². The lowest BCUT2D eigenvalue weighted by Crippen LogP contribution is -2.15. The van der Waals surface area contributed by atoms with Crippen molar-refractivity contribution in [1.29, 1.82) is 0 Å². The lowest BCUT2D eigenvalue weighted by Gasteiger charge is -2.09. The van der Waals surface area contributed by atoms with Crippen LogP contribution in [-0.4, -0.2) is 17.0 Å². The molecule has 2 rings (SSSR count). The minimum Gasteiger partial charge on any atom is -0.478 e. The lowest BCUT2D eigenvalue weighted by atomic mass is 10.1. The van der Waals surface area contributed by atoms with E-state index in [2.05, 4.69) is 18.5 Å². The molecule has 5 heteroatoms. The van der Waals surface area contributed by atoms with Crippen molar-refractivity contribution in [2.45, 2.75) is 12.8 Å². The molecule has 0 fully saturated rings. The molecule has 0 heterocycles. The maximum absolute atomic E-state index is 12.1. The highest BCUT2D eigenvalue weighted by molar-refractivity contribution is 6.00. The van der Waals surface area contributed by atoms with Gasteiger partial charge in [0.25, 0.3) is 0 Å². The Balaban J connectivity index is 1.93. The van der Waals surface area contributed by atoms with Gasteiger partial charge in [-0.1, -0.05) is 49.6 Å². The number of para-hydroxylation sites is 1. The average molecular weight is 337 g/mol. The van der Waals surface area contributed by atoms with Crippen molar-refractivity contribution >= 4 is 23.3 Å². The summed E-state index contributed by atoms with van der Waals surface area (Å²) in [6.07, 6.45) is 2.10. The highest BCUT2D eigenvalue weighted by Gasteiger charge is 2.11. The third-order valence-electron chi connectivity index (χ3n) is 3.57. The minimum atomic E-state index is -1.08. The number of nitrogens with one attached hydrogen (secondary N) is 1. The highest BCUT2D eigenvalue weighted by Crippen LogP contribution is 2.17. The third kappa shape index (κ3) is 5.07. The van der Waals surface area contributed by atoms with Gasteiger partial charge < -0.3 is 15.2 Å². The van der Waals surface area contributed by atoms with E-state index in [9.17, 15) is 9.59 Å². The van der Waals surface area contributed by atoms with Gasteiger partial charge in [0.1, 0.15) is 5.76 Å². The van der Waals surface area contributed by atoms with Gasteiger partial charge in [0.15, 0.2) is 0 Å². The number of carboxylic acids is 1. The molecule has 0 radical (unpaired) electrons. The zero-order chi connectivity index (χ0) is 18.2. The van der Waals surface area contributed by atoms with Crippen LogP contribution in [0.15, 0.2) is 68.0 Å². The number of carbonyl (C=O) groups is 2. The predicted octanol–water partition coefficient (Wildman–Crippen LogP) is 4.09.